The molecular formula is C19H19N4NaO6. The number of likely N-dealkylation sites (tertiary alicyclic amines) is 1. The molecule has 152 valence electrons. The Hall–Kier alpha value is -2.69. The van der Waals surface area contributed by atoms with E-state index in [1.807, 2.05) is 6.07 Å². The third kappa shape index (κ3) is 5.91. The molecule has 0 radical (unpaired) electrons. The first kappa shape index (κ1) is 23.6. The summed E-state index contributed by atoms with van der Waals surface area (Å²) in [5.74, 6) is -2.81. The van der Waals surface area contributed by atoms with Crippen molar-refractivity contribution >= 4 is 23.9 Å². The number of carboxylic acids is 1. The van der Waals surface area contributed by atoms with Crippen molar-refractivity contribution in [2.45, 2.75) is 38.0 Å². The number of aromatic nitrogens is 2. The number of hydrogen-bond acceptors (Lipinski definition) is 7. The van der Waals surface area contributed by atoms with E-state index in [-0.39, 0.29) is 55.4 Å². The minimum absolute atomic E-state index is 0. The molecule has 3 amide bonds. The van der Waals surface area contributed by atoms with E-state index in [1.54, 1.807) is 24.3 Å². The predicted octanol–water partition coefficient (Wildman–Crippen LogP) is -3.48. The Balaban J connectivity index is 0.00000320. The molecule has 1 aliphatic rings. The third-order valence-electron chi connectivity index (χ3n) is 4.50. The van der Waals surface area contributed by atoms with E-state index in [1.165, 1.54) is 12.5 Å². The Kier molecular flexibility index (Phi) is 8.58. The van der Waals surface area contributed by atoms with Gasteiger partial charge < -0.3 is 24.9 Å². The topological polar surface area (TPSA) is 145 Å². The molecule has 1 fully saturated rings. The number of hydrogen-bond donors (Lipinski definition) is 2. The van der Waals surface area contributed by atoms with Gasteiger partial charge in [-0.05, 0) is 12.0 Å². The second kappa shape index (κ2) is 10.9. The van der Waals surface area contributed by atoms with E-state index in [0.717, 1.165) is 10.5 Å². The number of carbonyl (C=O) groups excluding carboxylic acids is 4. The minimum atomic E-state index is -1.49. The molecule has 2 heterocycles. The van der Waals surface area contributed by atoms with Crippen molar-refractivity contribution in [3.05, 3.63) is 54.1 Å². The summed E-state index contributed by atoms with van der Waals surface area (Å²) in [7, 11) is 0. The second-order valence-electron chi connectivity index (χ2n) is 6.52. The van der Waals surface area contributed by atoms with Gasteiger partial charge in [-0.25, -0.2) is 14.7 Å². The first-order valence-electron chi connectivity index (χ1n) is 8.97. The van der Waals surface area contributed by atoms with Crippen LogP contribution in [0.4, 0.5) is 4.79 Å². The van der Waals surface area contributed by atoms with Crippen LogP contribution in [0.15, 0.2) is 42.9 Å². The number of rotatable bonds is 7. The largest absolute Gasteiger partial charge is 1.00 e. The van der Waals surface area contributed by atoms with Gasteiger partial charge in [0.05, 0.1) is 18.3 Å². The molecule has 3 rings (SSSR count). The van der Waals surface area contributed by atoms with Gasteiger partial charge in [0.1, 0.15) is 12.6 Å². The molecule has 2 unspecified atom stereocenters. The quantitative estimate of drug-likeness (QED) is 0.441. The van der Waals surface area contributed by atoms with Gasteiger partial charge in [-0.1, -0.05) is 30.3 Å². The standard InChI is InChI=1S/C19H20N4O6.Na/c24-16-7-6-15(23(16)19(28)29-10-12-4-2-1-3-5-12)17(25)22-14(18(26)27)8-13-9-20-11-21-13;/h1-5,9,11,14-15H,6-8,10H2,(H,20,21)(H,22,25)(H,26,27);/q;+1/p-1. The van der Waals surface area contributed by atoms with Crippen LogP contribution in [0, 0.1) is 0 Å². The molecule has 2 atom stereocenters. The van der Waals surface area contributed by atoms with Gasteiger partial charge in [-0.3, -0.25) is 9.59 Å². The molecule has 10 nitrogen and oxygen atoms in total. The molecule has 0 bridgehead atoms. The fourth-order valence-corrected chi connectivity index (χ4v) is 3.03. The van der Waals surface area contributed by atoms with Gasteiger partial charge in [0, 0.05) is 24.7 Å². The van der Waals surface area contributed by atoms with E-state index >= 15 is 0 Å². The number of ether oxygens (including phenoxy) is 1. The smallest absolute Gasteiger partial charge is 0.548 e. The Morgan fingerprint density at radius 2 is 2.03 bits per heavy atom. The Bertz CT molecular complexity index is 890. The van der Waals surface area contributed by atoms with E-state index in [2.05, 4.69) is 15.3 Å². The third-order valence-corrected chi connectivity index (χ3v) is 4.50. The van der Waals surface area contributed by atoms with Crippen LogP contribution in [0.2, 0.25) is 0 Å². The van der Waals surface area contributed by atoms with E-state index in [9.17, 15) is 24.3 Å². The number of aliphatic carboxylic acids is 1. The second-order valence-corrected chi connectivity index (χ2v) is 6.52. The summed E-state index contributed by atoms with van der Waals surface area (Å²) in [6.07, 6.45) is 1.84. The molecule has 1 aromatic heterocycles. The van der Waals surface area contributed by atoms with Crippen LogP contribution in [0.1, 0.15) is 24.1 Å². The number of benzene rings is 1. The van der Waals surface area contributed by atoms with Gasteiger partial charge in [-0.2, -0.15) is 0 Å². The first-order valence-corrected chi connectivity index (χ1v) is 8.97. The molecule has 1 aromatic carbocycles. The molecule has 11 heteroatoms. The summed E-state index contributed by atoms with van der Waals surface area (Å²) in [5, 5.41) is 13.7. The van der Waals surface area contributed by atoms with Crippen LogP contribution >= 0.6 is 0 Å². The first-order chi connectivity index (χ1) is 14.0. The fraction of sp³-hybridized carbons (Fsp3) is 0.316. The summed E-state index contributed by atoms with van der Waals surface area (Å²) in [4.78, 5) is 55.7. The molecule has 0 aliphatic carbocycles. The van der Waals surface area contributed by atoms with Crippen LogP contribution in [0.3, 0.4) is 0 Å². The van der Waals surface area contributed by atoms with Gasteiger partial charge >= 0.3 is 35.7 Å². The number of carboxylic acid groups (broad SMARTS) is 1. The van der Waals surface area contributed by atoms with Crippen molar-refractivity contribution < 1.29 is 58.6 Å². The Morgan fingerprint density at radius 1 is 1.30 bits per heavy atom. The molecular weight excluding hydrogens is 403 g/mol. The molecule has 2 aromatic rings. The molecule has 1 saturated heterocycles. The SMILES string of the molecule is O=C([O-])C(Cc1cnc[nH]1)NC(=O)C1CCC(=O)N1C(=O)OCc1ccccc1.[Na+]. The number of nitrogens with zero attached hydrogens (tertiary/aromatic N) is 2. The summed E-state index contributed by atoms with van der Waals surface area (Å²) in [5.41, 5.74) is 1.21. The van der Waals surface area contributed by atoms with Gasteiger partial charge in [0.15, 0.2) is 0 Å². The number of carbonyl (C=O) groups is 4. The maximum atomic E-state index is 12.6. The van der Waals surface area contributed by atoms with E-state index < -0.39 is 36.0 Å². The fourth-order valence-electron chi connectivity index (χ4n) is 3.03. The number of amides is 3. The predicted molar refractivity (Wildman–Crippen MR) is 95.7 cm³/mol. The summed E-state index contributed by atoms with van der Waals surface area (Å²) in [6, 6.07) is 6.38. The number of aromatic amines is 1. The van der Waals surface area contributed by atoms with Crippen molar-refractivity contribution in [1.82, 2.24) is 20.2 Å². The maximum Gasteiger partial charge on any atom is 1.00 e. The molecule has 0 saturated carbocycles. The zero-order valence-electron chi connectivity index (χ0n) is 16.4. The van der Waals surface area contributed by atoms with Crippen molar-refractivity contribution in [3.8, 4) is 0 Å². The minimum Gasteiger partial charge on any atom is -0.548 e. The van der Waals surface area contributed by atoms with Crippen LogP contribution in [-0.4, -0.2) is 50.8 Å². The number of imidazole rings is 1. The summed E-state index contributed by atoms with van der Waals surface area (Å²) >= 11 is 0. The number of nitrogens with one attached hydrogen (secondary N) is 2. The molecule has 30 heavy (non-hydrogen) atoms. The van der Waals surface area contributed by atoms with Crippen molar-refractivity contribution in [1.29, 1.82) is 0 Å². The number of imide groups is 1. The van der Waals surface area contributed by atoms with Gasteiger partial charge in [0.2, 0.25) is 11.8 Å². The average Bonchev–Trinajstić information content (AvgIpc) is 3.35. The molecule has 1 aliphatic heterocycles. The summed E-state index contributed by atoms with van der Waals surface area (Å²) < 4.78 is 5.14. The Morgan fingerprint density at radius 3 is 2.67 bits per heavy atom. The number of H-pyrrole nitrogens is 1. The van der Waals surface area contributed by atoms with Crippen molar-refractivity contribution in [3.63, 3.8) is 0 Å². The maximum absolute atomic E-state index is 12.6. The van der Waals surface area contributed by atoms with Crippen molar-refractivity contribution in [2.24, 2.45) is 0 Å². The van der Waals surface area contributed by atoms with Crippen molar-refractivity contribution in [2.75, 3.05) is 0 Å². The van der Waals surface area contributed by atoms with Crippen LogP contribution < -0.4 is 40.0 Å². The van der Waals surface area contributed by atoms with Crippen LogP contribution in [-0.2, 0) is 32.1 Å². The molecule has 2 N–H and O–H groups in total. The average molecular weight is 422 g/mol. The normalized spacial score (nSPS) is 16.5. The Labute approximate surface area is 194 Å². The van der Waals surface area contributed by atoms with Gasteiger partial charge in [0.25, 0.3) is 0 Å². The summed E-state index contributed by atoms with van der Waals surface area (Å²) in [6.45, 7) is -0.0563. The monoisotopic (exact) mass is 422 g/mol. The van der Waals surface area contributed by atoms with Crippen LogP contribution in [0.25, 0.3) is 0 Å². The van der Waals surface area contributed by atoms with E-state index in [0.29, 0.717) is 5.69 Å². The van der Waals surface area contributed by atoms with Gasteiger partial charge in [-0.15, -0.1) is 0 Å². The zero-order valence-corrected chi connectivity index (χ0v) is 18.4. The van der Waals surface area contributed by atoms with Crippen LogP contribution in [0.5, 0.6) is 0 Å². The zero-order chi connectivity index (χ0) is 20.8. The van der Waals surface area contributed by atoms with E-state index in [4.69, 9.17) is 4.74 Å². The molecule has 0 spiro atoms.